The summed E-state index contributed by atoms with van der Waals surface area (Å²) in [5.41, 5.74) is 1.77. The molecule has 0 atom stereocenters. The van der Waals surface area contributed by atoms with Crippen LogP contribution in [0, 0.1) is 0 Å². The average molecular weight is 327 g/mol. The number of nitrogens with zero attached hydrogens (tertiary/aromatic N) is 1. The van der Waals surface area contributed by atoms with Gasteiger partial charge in [-0.05, 0) is 18.2 Å². The van der Waals surface area contributed by atoms with Crippen LogP contribution in [0.4, 0.5) is 5.69 Å². The summed E-state index contributed by atoms with van der Waals surface area (Å²) < 4.78 is 15.8. The van der Waals surface area contributed by atoms with Gasteiger partial charge in [0.05, 0.1) is 33.0 Å². The van der Waals surface area contributed by atoms with E-state index < -0.39 is 0 Å². The highest BCUT2D eigenvalue weighted by Crippen LogP contribution is 2.34. The molecule has 0 saturated heterocycles. The summed E-state index contributed by atoms with van der Waals surface area (Å²) in [6.07, 6.45) is 1.72. The largest absolute Gasteiger partial charge is 0.496 e. The molecule has 0 radical (unpaired) electrons. The number of H-pyrrole nitrogens is 1. The van der Waals surface area contributed by atoms with Crippen LogP contribution in [-0.4, -0.2) is 37.4 Å². The minimum Gasteiger partial charge on any atom is -0.496 e. The summed E-state index contributed by atoms with van der Waals surface area (Å²) in [7, 11) is 4.51. The summed E-state index contributed by atoms with van der Waals surface area (Å²) in [4.78, 5) is 12.7. The normalized spacial score (nSPS) is 10.5. The Morgan fingerprint density at radius 1 is 1.04 bits per heavy atom. The summed E-state index contributed by atoms with van der Waals surface area (Å²) in [5, 5.41) is 10.6. The van der Waals surface area contributed by atoms with Crippen molar-refractivity contribution in [1.82, 2.24) is 10.2 Å². The Morgan fingerprint density at radius 2 is 1.75 bits per heavy atom. The lowest BCUT2D eigenvalue weighted by molar-refractivity contribution is 0.102. The summed E-state index contributed by atoms with van der Waals surface area (Å²) >= 11 is 0. The molecule has 2 N–H and O–H groups in total. The third-order valence-corrected chi connectivity index (χ3v) is 3.64. The van der Waals surface area contributed by atoms with Crippen LogP contribution < -0.4 is 19.5 Å². The molecule has 0 aliphatic rings. The fourth-order valence-corrected chi connectivity index (χ4v) is 2.44. The molecule has 3 rings (SSSR count). The van der Waals surface area contributed by atoms with E-state index in [0.29, 0.717) is 28.5 Å². The zero-order valence-corrected chi connectivity index (χ0v) is 13.5. The number of aromatic nitrogens is 2. The first-order valence-corrected chi connectivity index (χ1v) is 7.20. The number of carbonyl (C=O) groups excluding carboxylic acids is 1. The number of methoxy groups -OCH3 is 3. The number of hydrogen-bond donors (Lipinski definition) is 2. The fraction of sp³-hybridized carbons (Fsp3) is 0.176. The zero-order valence-electron chi connectivity index (χ0n) is 13.5. The van der Waals surface area contributed by atoms with Gasteiger partial charge in [0.25, 0.3) is 5.91 Å². The molecule has 124 valence electrons. The number of hydrogen-bond acceptors (Lipinski definition) is 5. The van der Waals surface area contributed by atoms with E-state index in [4.69, 9.17) is 14.2 Å². The van der Waals surface area contributed by atoms with E-state index in [9.17, 15) is 4.79 Å². The van der Waals surface area contributed by atoms with Gasteiger partial charge in [-0.1, -0.05) is 0 Å². The highest BCUT2D eigenvalue weighted by molar-refractivity contribution is 6.09. The SMILES string of the molecule is COc1cc(OC)c(C(=O)Nc2ccc3cn[nH]c3c2)c(OC)c1. The van der Waals surface area contributed by atoms with E-state index in [0.717, 1.165) is 10.9 Å². The highest BCUT2D eigenvalue weighted by Gasteiger charge is 2.20. The molecule has 0 fully saturated rings. The predicted molar refractivity (Wildman–Crippen MR) is 90.1 cm³/mol. The first-order chi connectivity index (χ1) is 11.7. The van der Waals surface area contributed by atoms with Crippen molar-refractivity contribution in [3.8, 4) is 17.2 Å². The standard InChI is InChI=1S/C17H17N3O4/c1-22-12-7-14(23-2)16(15(8-12)24-3)17(21)19-11-5-4-10-9-18-20-13(10)6-11/h4-9H,1-3H3,(H,18,20)(H,19,21). The number of nitrogens with one attached hydrogen (secondary N) is 2. The summed E-state index contributed by atoms with van der Waals surface area (Å²) in [5.74, 6) is 0.932. The number of rotatable bonds is 5. The minimum absolute atomic E-state index is 0.297. The molecule has 7 heteroatoms. The molecule has 0 spiro atoms. The Hall–Kier alpha value is -3.22. The van der Waals surface area contributed by atoms with Gasteiger partial charge in [-0.3, -0.25) is 9.89 Å². The lowest BCUT2D eigenvalue weighted by Gasteiger charge is -2.15. The molecule has 24 heavy (non-hydrogen) atoms. The number of carbonyl (C=O) groups is 1. The van der Waals surface area contributed by atoms with Crippen molar-refractivity contribution in [2.45, 2.75) is 0 Å². The molecule has 1 amide bonds. The van der Waals surface area contributed by atoms with Crippen LogP contribution in [-0.2, 0) is 0 Å². The molecule has 2 aromatic carbocycles. The van der Waals surface area contributed by atoms with E-state index in [2.05, 4.69) is 15.5 Å². The Balaban J connectivity index is 1.96. The van der Waals surface area contributed by atoms with Crippen LogP contribution in [0.1, 0.15) is 10.4 Å². The molecule has 0 aliphatic carbocycles. The Labute approximate surface area is 138 Å². The second-order valence-electron chi connectivity index (χ2n) is 5.03. The monoisotopic (exact) mass is 327 g/mol. The van der Waals surface area contributed by atoms with Crippen LogP contribution in [0.25, 0.3) is 10.9 Å². The van der Waals surface area contributed by atoms with Gasteiger partial charge in [0, 0.05) is 23.2 Å². The van der Waals surface area contributed by atoms with Crippen molar-refractivity contribution in [2.75, 3.05) is 26.6 Å². The smallest absolute Gasteiger partial charge is 0.263 e. The van der Waals surface area contributed by atoms with Gasteiger partial charge in [-0.15, -0.1) is 0 Å². The molecular weight excluding hydrogens is 310 g/mol. The molecule has 3 aromatic rings. The lowest BCUT2D eigenvalue weighted by Crippen LogP contribution is -2.14. The number of anilines is 1. The molecule has 7 nitrogen and oxygen atoms in total. The second kappa shape index (κ2) is 6.49. The number of amides is 1. The Morgan fingerprint density at radius 3 is 2.38 bits per heavy atom. The van der Waals surface area contributed by atoms with E-state index in [-0.39, 0.29) is 5.91 Å². The minimum atomic E-state index is -0.342. The second-order valence-corrected chi connectivity index (χ2v) is 5.03. The third kappa shape index (κ3) is 2.83. The molecule has 0 saturated carbocycles. The molecule has 1 heterocycles. The molecule has 0 bridgehead atoms. The molecule has 0 unspecified atom stereocenters. The van der Waals surface area contributed by atoms with Crippen LogP contribution >= 0.6 is 0 Å². The van der Waals surface area contributed by atoms with Gasteiger partial charge in [0.15, 0.2) is 0 Å². The molecule has 0 aliphatic heterocycles. The van der Waals surface area contributed by atoms with Crippen molar-refractivity contribution in [3.63, 3.8) is 0 Å². The zero-order chi connectivity index (χ0) is 17.1. The van der Waals surface area contributed by atoms with Crippen molar-refractivity contribution >= 4 is 22.5 Å². The quantitative estimate of drug-likeness (QED) is 0.752. The molecular formula is C17H17N3O4. The predicted octanol–water partition coefficient (Wildman–Crippen LogP) is 2.84. The number of ether oxygens (including phenoxy) is 3. The van der Waals surface area contributed by atoms with Crippen LogP contribution in [0.3, 0.4) is 0 Å². The Bertz CT molecular complexity index is 863. The first-order valence-electron chi connectivity index (χ1n) is 7.20. The van der Waals surface area contributed by atoms with Crippen molar-refractivity contribution in [3.05, 3.63) is 42.1 Å². The van der Waals surface area contributed by atoms with E-state index in [1.807, 2.05) is 12.1 Å². The average Bonchev–Trinajstić information content (AvgIpc) is 3.07. The topological polar surface area (TPSA) is 85.5 Å². The maximum Gasteiger partial charge on any atom is 0.263 e. The van der Waals surface area contributed by atoms with Crippen molar-refractivity contribution in [1.29, 1.82) is 0 Å². The summed E-state index contributed by atoms with van der Waals surface area (Å²) in [6, 6.07) is 8.75. The van der Waals surface area contributed by atoms with Gasteiger partial charge < -0.3 is 19.5 Å². The van der Waals surface area contributed by atoms with Crippen LogP contribution in [0.2, 0.25) is 0 Å². The van der Waals surface area contributed by atoms with Crippen LogP contribution in [0.15, 0.2) is 36.5 Å². The van der Waals surface area contributed by atoms with E-state index in [1.54, 1.807) is 24.4 Å². The van der Waals surface area contributed by atoms with Gasteiger partial charge in [-0.25, -0.2) is 0 Å². The van der Waals surface area contributed by atoms with Crippen LogP contribution in [0.5, 0.6) is 17.2 Å². The van der Waals surface area contributed by atoms with Gasteiger partial charge in [0.1, 0.15) is 22.8 Å². The third-order valence-electron chi connectivity index (χ3n) is 3.64. The highest BCUT2D eigenvalue weighted by atomic mass is 16.5. The van der Waals surface area contributed by atoms with Gasteiger partial charge >= 0.3 is 0 Å². The van der Waals surface area contributed by atoms with Gasteiger partial charge in [0.2, 0.25) is 0 Å². The Kier molecular flexibility index (Phi) is 4.24. The number of aromatic amines is 1. The van der Waals surface area contributed by atoms with Gasteiger partial charge in [-0.2, -0.15) is 5.10 Å². The number of benzene rings is 2. The van der Waals surface area contributed by atoms with E-state index in [1.165, 1.54) is 21.3 Å². The fourth-order valence-electron chi connectivity index (χ4n) is 2.44. The summed E-state index contributed by atoms with van der Waals surface area (Å²) in [6.45, 7) is 0. The lowest BCUT2D eigenvalue weighted by atomic mass is 10.1. The maximum absolute atomic E-state index is 12.7. The maximum atomic E-state index is 12.7. The number of fused-ring (bicyclic) bond motifs is 1. The molecule has 1 aromatic heterocycles. The van der Waals surface area contributed by atoms with Crippen molar-refractivity contribution < 1.29 is 19.0 Å². The van der Waals surface area contributed by atoms with Crippen molar-refractivity contribution in [2.24, 2.45) is 0 Å². The van der Waals surface area contributed by atoms with E-state index >= 15 is 0 Å². The first kappa shape index (κ1) is 15.7.